The normalized spacial score (nSPS) is 20.3. The fourth-order valence-corrected chi connectivity index (χ4v) is 4.62. The third-order valence-corrected chi connectivity index (χ3v) is 6.31. The van der Waals surface area contributed by atoms with Crippen molar-refractivity contribution in [2.75, 3.05) is 63.7 Å². The Balaban J connectivity index is 1.60. The number of nitrogens with one attached hydrogen (secondary N) is 1. The van der Waals surface area contributed by atoms with Gasteiger partial charge in [0.05, 0.1) is 19.1 Å². The molecule has 1 N–H and O–H groups in total. The minimum atomic E-state index is -0.237. The van der Waals surface area contributed by atoms with Crippen LogP contribution in [0.5, 0.6) is 5.75 Å². The van der Waals surface area contributed by atoms with Gasteiger partial charge < -0.3 is 24.8 Å². The van der Waals surface area contributed by atoms with Gasteiger partial charge in [0.2, 0.25) is 5.91 Å². The summed E-state index contributed by atoms with van der Waals surface area (Å²) in [5.74, 6) is 0.539. The van der Waals surface area contributed by atoms with E-state index in [0.717, 1.165) is 36.8 Å². The molecule has 31 heavy (non-hydrogen) atoms. The molecule has 0 unspecified atom stereocenters. The summed E-state index contributed by atoms with van der Waals surface area (Å²) in [4.78, 5) is 19.9. The van der Waals surface area contributed by atoms with Crippen molar-refractivity contribution in [2.24, 2.45) is 5.92 Å². The highest BCUT2D eigenvalue weighted by molar-refractivity contribution is 5.82. The minimum absolute atomic E-state index is 0.0396. The first kappa shape index (κ1) is 21.4. The van der Waals surface area contributed by atoms with Crippen molar-refractivity contribution in [3.63, 3.8) is 0 Å². The van der Waals surface area contributed by atoms with Crippen molar-refractivity contribution < 1.29 is 13.9 Å². The number of benzene rings is 2. The topological polar surface area (TPSA) is 48.1 Å². The number of piperazine rings is 1. The maximum Gasteiger partial charge on any atom is 0.225 e. The Bertz CT molecular complexity index is 918. The molecule has 1 amide bonds. The quantitative estimate of drug-likeness (QED) is 0.769. The molecule has 6 nitrogen and oxygen atoms in total. The van der Waals surface area contributed by atoms with Crippen molar-refractivity contribution in [3.8, 4) is 5.75 Å². The maximum absolute atomic E-state index is 13.4. The van der Waals surface area contributed by atoms with E-state index in [1.807, 2.05) is 32.3 Å². The van der Waals surface area contributed by atoms with Gasteiger partial charge >= 0.3 is 0 Å². The number of carbonyl (C=O) groups excluding carboxylic acids is 1. The summed E-state index contributed by atoms with van der Waals surface area (Å²) in [7, 11) is 5.68. The van der Waals surface area contributed by atoms with Gasteiger partial charge in [0.15, 0.2) is 0 Å². The zero-order valence-corrected chi connectivity index (χ0v) is 18.5. The Labute approximate surface area is 183 Å². The summed E-state index contributed by atoms with van der Waals surface area (Å²) in [6, 6.07) is 12.8. The number of anilines is 2. The molecule has 0 aromatic heterocycles. The van der Waals surface area contributed by atoms with Crippen molar-refractivity contribution in [1.82, 2.24) is 10.2 Å². The highest BCUT2D eigenvalue weighted by Gasteiger charge is 2.41. The van der Waals surface area contributed by atoms with Gasteiger partial charge in [-0.05, 0) is 56.4 Å². The van der Waals surface area contributed by atoms with Crippen LogP contribution in [0.25, 0.3) is 0 Å². The van der Waals surface area contributed by atoms with E-state index in [1.54, 1.807) is 7.11 Å². The van der Waals surface area contributed by atoms with Crippen molar-refractivity contribution >= 4 is 17.3 Å². The standard InChI is InChI=1S/C24H31FN4O2/c1-27(2)11-10-26-24(30)21-14-17-4-9-20(31-3)15-22(17)29-13-12-28(16-23(21)29)19-7-5-18(25)6-8-19/h4-9,15,21,23H,10-14,16H2,1-3H3,(H,26,30)/t21-,23+/m1/s1. The molecule has 2 aliphatic heterocycles. The average molecular weight is 427 g/mol. The zero-order chi connectivity index (χ0) is 22.0. The third kappa shape index (κ3) is 4.61. The summed E-state index contributed by atoms with van der Waals surface area (Å²) >= 11 is 0. The lowest BCUT2D eigenvalue weighted by molar-refractivity contribution is -0.125. The first-order valence-electron chi connectivity index (χ1n) is 10.8. The summed E-state index contributed by atoms with van der Waals surface area (Å²) in [5.41, 5.74) is 3.32. The van der Waals surface area contributed by atoms with Gasteiger partial charge in [-0.15, -0.1) is 0 Å². The Morgan fingerprint density at radius 3 is 2.68 bits per heavy atom. The second-order valence-corrected chi connectivity index (χ2v) is 8.58. The van der Waals surface area contributed by atoms with Gasteiger partial charge in [-0.2, -0.15) is 0 Å². The molecule has 0 bridgehead atoms. The minimum Gasteiger partial charge on any atom is -0.497 e. The molecule has 1 saturated heterocycles. The van der Waals surface area contributed by atoms with Gasteiger partial charge in [-0.25, -0.2) is 4.39 Å². The fourth-order valence-electron chi connectivity index (χ4n) is 4.62. The monoisotopic (exact) mass is 426 g/mol. The molecule has 4 rings (SSSR count). The molecule has 2 atom stereocenters. The van der Waals surface area contributed by atoms with Gasteiger partial charge in [-0.3, -0.25) is 4.79 Å². The Kier molecular flexibility index (Phi) is 6.32. The highest BCUT2D eigenvalue weighted by atomic mass is 19.1. The number of amides is 1. The molecule has 2 aromatic rings. The van der Waals surface area contributed by atoms with Crippen LogP contribution in [0.2, 0.25) is 0 Å². The molecular weight excluding hydrogens is 395 g/mol. The molecular formula is C24H31FN4O2. The predicted molar refractivity (Wildman–Crippen MR) is 121 cm³/mol. The number of carbonyl (C=O) groups is 1. The second kappa shape index (κ2) is 9.14. The van der Waals surface area contributed by atoms with E-state index in [9.17, 15) is 9.18 Å². The molecule has 0 spiro atoms. The molecule has 0 saturated carbocycles. The Morgan fingerprint density at radius 1 is 1.19 bits per heavy atom. The SMILES string of the molecule is COc1ccc2c(c1)N1CCN(c3ccc(F)cc3)C[C@H]1[C@H](C(=O)NCCN(C)C)C2. The van der Waals surface area contributed by atoms with Crippen molar-refractivity contribution in [2.45, 2.75) is 12.5 Å². The molecule has 1 fully saturated rings. The van der Waals surface area contributed by atoms with E-state index in [0.29, 0.717) is 19.5 Å². The van der Waals surface area contributed by atoms with E-state index >= 15 is 0 Å². The maximum atomic E-state index is 13.4. The van der Waals surface area contributed by atoms with Crippen LogP contribution in [0.4, 0.5) is 15.8 Å². The fraction of sp³-hybridized carbons (Fsp3) is 0.458. The number of likely N-dealkylation sites (N-methyl/N-ethyl adjacent to an activating group) is 1. The lowest BCUT2D eigenvalue weighted by Gasteiger charge is -2.49. The van der Waals surface area contributed by atoms with Crippen LogP contribution in [0, 0.1) is 11.7 Å². The Hall–Kier alpha value is -2.80. The van der Waals surface area contributed by atoms with Gasteiger partial charge in [0, 0.05) is 50.2 Å². The molecule has 2 heterocycles. The molecule has 2 aliphatic rings. The molecule has 2 aromatic carbocycles. The number of ether oxygens (including phenoxy) is 1. The van der Waals surface area contributed by atoms with Crippen molar-refractivity contribution in [3.05, 3.63) is 53.8 Å². The van der Waals surface area contributed by atoms with Crippen molar-refractivity contribution in [1.29, 1.82) is 0 Å². The second-order valence-electron chi connectivity index (χ2n) is 8.58. The van der Waals surface area contributed by atoms with Crippen LogP contribution < -0.4 is 19.9 Å². The van der Waals surface area contributed by atoms with Crippen LogP contribution in [0.1, 0.15) is 5.56 Å². The Morgan fingerprint density at radius 2 is 1.97 bits per heavy atom. The average Bonchev–Trinajstić information content (AvgIpc) is 2.78. The van der Waals surface area contributed by atoms with Crippen LogP contribution in [0.3, 0.4) is 0 Å². The van der Waals surface area contributed by atoms with E-state index in [2.05, 4.69) is 32.1 Å². The van der Waals surface area contributed by atoms with E-state index in [1.165, 1.54) is 17.7 Å². The number of rotatable bonds is 6. The summed E-state index contributed by atoms with van der Waals surface area (Å²) in [5, 5.41) is 3.13. The van der Waals surface area contributed by atoms with E-state index in [-0.39, 0.29) is 23.7 Å². The lowest BCUT2D eigenvalue weighted by atomic mass is 9.83. The molecule has 0 aliphatic carbocycles. The van der Waals surface area contributed by atoms with E-state index in [4.69, 9.17) is 4.74 Å². The number of hydrogen-bond acceptors (Lipinski definition) is 5. The number of nitrogens with zero attached hydrogens (tertiary/aromatic N) is 3. The van der Waals surface area contributed by atoms with Crippen LogP contribution in [-0.2, 0) is 11.2 Å². The first-order chi connectivity index (χ1) is 15.0. The van der Waals surface area contributed by atoms with Crippen LogP contribution in [-0.4, -0.2) is 70.8 Å². The van der Waals surface area contributed by atoms with Crippen LogP contribution in [0.15, 0.2) is 42.5 Å². The third-order valence-electron chi connectivity index (χ3n) is 6.31. The molecule has 0 radical (unpaired) electrons. The number of halogens is 1. The number of fused-ring (bicyclic) bond motifs is 3. The number of hydrogen-bond donors (Lipinski definition) is 1. The van der Waals surface area contributed by atoms with E-state index < -0.39 is 0 Å². The van der Waals surface area contributed by atoms with Crippen LogP contribution >= 0.6 is 0 Å². The molecule has 166 valence electrons. The summed E-state index contributed by atoms with van der Waals surface area (Å²) in [6.07, 6.45) is 0.700. The largest absolute Gasteiger partial charge is 0.497 e. The van der Waals surface area contributed by atoms with Gasteiger partial charge in [0.1, 0.15) is 11.6 Å². The zero-order valence-electron chi connectivity index (χ0n) is 18.5. The van der Waals surface area contributed by atoms with Gasteiger partial charge in [-0.1, -0.05) is 6.07 Å². The lowest BCUT2D eigenvalue weighted by Crippen LogP contribution is -2.61. The molecule has 7 heteroatoms. The summed E-state index contributed by atoms with van der Waals surface area (Å²) in [6.45, 7) is 3.76. The highest BCUT2D eigenvalue weighted by Crippen LogP contribution is 2.38. The first-order valence-corrected chi connectivity index (χ1v) is 10.8. The summed E-state index contributed by atoms with van der Waals surface area (Å²) < 4.78 is 18.9. The van der Waals surface area contributed by atoms with Gasteiger partial charge in [0.25, 0.3) is 0 Å². The smallest absolute Gasteiger partial charge is 0.225 e. The number of methoxy groups -OCH3 is 1. The predicted octanol–water partition coefficient (Wildman–Crippen LogP) is 2.38.